The topological polar surface area (TPSA) is 80.3 Å². The SMILES string of the molecule is CNC(=O)c1cc(Oc2ccc(NC(C)=O)c(Cl)c2)ccn1. The van der Waals surface area contributed by atoms with Crippen LogP contribution in [-0.2, 0) is 4.79 Å². The van der Waals surface area contributed by atoms with E-state index in [2.05, 4.69) is 15.6 Å². The van der Waals surface area contributed by atoms with Gasteiger partial charge >= 0.3 is 0 Å². The van der Waals surface area contributed by atoms with Crippen LogP contribution in [0.3, 0.4) is 0 Å². The zero-order valence-electron chi connectivity index (χ0n) is 12.0. The molecule has 0 radical (unpaired) electrons. The molecule has 2 rings (SSSR count). The van der Waals surface area contributed by atoms with Gasteiger partial charge in [0.1, 0.15) is 17.2 Å². The summed E-state index contributed by atoms with van der Waals surface area (Å²) in [5.41, 5.74) is 0.753. The van der Waals surface area contributed by atoms with Gasteiger partial charge in [0.25, 0.3) is 5.91 Å². The number of amides is 2. The third-order valence-corrected chi connectivity index (χ3v) is 2.99. The van der Waals surface area contributed by atoms with Crippen LogP contribution in [0.2, 0.25) is 5.02 Å². The molecule has 0 aliphatic rings. The van der Waals surface area contributed by atoms with E-state index < -0.39 is 0 Å². The minimum atomic E-state index is -0.301. The van der Waals surface area contributed by atoms with Gasteiger partial charge in [-0.3, -0.25) is 14.6 Å². The van der Waals surface area contributed by atoms with Crippen LogP contribution >= 0.6 is 11.6 Å². The molecule has 2 N–H and O–H groups in total. The van der Waals surface area contributed by atoms with Crippen molar-refractivity contribution >= 4 is 29.1 Å². The van der Waals surface area contributed by atoms with E-state index in [1.165, 1.54) is 26.2 Å². The molecular formula is C15H14ClN3O3. The number of benzene rings is 1. The summed E-state index contributed by atoms with van der Waals surface area (Å²) in [7, 11) is 1.53. The zero-order chi connectivity index (χ0) is 16.1. The number of hydrogen-bond acceptors (Lipinski definition) is 4. The Kier molecular flexibility index (Phi) is 4.95. The first kappa shape index (κ1) is 15.8. The number of nitrogens with one attached hydrogen (secondary N) is 2. The maximum Gasteiger partial charge on any atom is 0.269 e. The molecule has 1 aromatic carbocycles. The first-order chi connectivity index (χ1) is 10.5. The van der Waals surface area contributed by atoms with Crippen molar-refractivity contribution in [3.8, 4) is 11.5 Å². The van der Waals surface area contributed by atoms with E-state index >= 15 is 0 Å². The summed E-state index contributed by atoms with van der Waals surface area (Å²) in [5.74, 6) is 0.425. The zero-order valence-corrected chi connectivity index (χ0v) is 12.8. The van der Waals surface area contributed by atoms with E-state index in [9.17, 15) is 9.59 Å². The van der Waals surface area contributed by atoms with Crippen molar-refractivity contribution in [1.82, 2.24) is 10.3 Å². The molecule has 0 saturated heterocycles. The number of nitrogens with zero attached hydrogens (tertiary/aromatic N) is 1. The second-order valence-electron chi connectivity index (χ2n) is 4.38. The van der Waals surface area contributed by atoms with Crippen LogP contribution in [0.15, 0.2) is 36.5 Å². The minimum absolute atomic E-state index is 0.208. The maximum absolute atomic E-state index is 11.5. The Hall–Kier alpha value is -2.60. The average Bonchev–Trinajstić information content (AvgIpc) is 2.49. The molecule has 0 bridgehead atoms. The lowest BCUT2D eigenvalue weighted by atomic mass is 10.3. The van der Waals surface area contributed by atoms with E-state index in [1.807, 2.05) is 0 Å². The summed E-state index contributed by atoms with van der Waals surface area (Å²) in [5, 5.41) is 5.45. The highest BCUT2D eigenvalue weighted by molar-refractivity contribution is 6.33. The summed E-state index contributed by atoms with van der Waals surface area (Å²) in [4.78, 5) is 26.5. The Morgan fingerprint density at radius 1 is 1.18 bits per heavy atom. The third-order valence-electron chi connectivity index (χ3n) is 2.68. The molecule has 1 aromatic heterocycles. The predicted octanol–water partition coefficient (Wildman–Crippen LogP) is 2.85. The number of carbonyl (C=O) groups excluding carboxylic acids is 2. The molecule has 0 saturated carbocycles. The highest BCUT2D eigenvalue weighted by Gasteiger charge is 2.08. The molecule has 6 nitrogen and oxygen atoms in total. The van der Waals surface area contributed by atoms with Gasteiger partial charge < -0.3 is 15.4 Å². The van der Waals surface area contributed by atoms with Gasteiger partial charge in [-0.05, 0) is 18.2 Å². The van der Waals surface area contributed by atoms with Crippen molar-refractivity contribution in [3.63, 3.8) is 0 Å². The number of hydrogen-bond donors (Lipinski definition) is 2. The van der Waals surface area contributed by atoms with Crippen LogP contribution in [0, 0.1) is 0 Å². The molecule has 0 fully saturated rings. The summed E-state index contributed by atoms with van der Waals surface area (Å²) < 4.78 is 5.64. The van der Waals surface area contributed by atoms with Crippen LogP contribution in [0.1, 0.15) is 17.4 Å². The largest absolute Gasteiger partial charge is 0.457 e. The Morgan fingerprint density at radius 3 is 2.55 bits per heavy atom. The molecule has 114 valence electrons. The highest BCUT2D eigenvalue weighted by atomic mass is 35.5. The van der Waals surface area contributed by atoms with Crippen LogP contribution in [-0.4, -0.2) is 23.8 Å². The van der Waals surface area contributed by atoms with Crippen molar-refractivity contribution < 1.29 is 14.3 Å². The second kappa shape index (κ2) is 6.91. The molecule has 2 amide bonds. The molecule has 0 atom stereocenters. The van der Waals surface area contributed by atoms with Crippen LogP contribution in [0.5, 0.6) is 11.5 Å². The molecule has 0 spiro atoms. The number of carbonyl (C=O) groups is 2. The number of halogens is 1. The van der Waals surface area contributed by atoms with Crippen LogP contribution in [0.4, 0.5) is 5.69 Å². The average molecular weight is 320 g/mol. The van der Waals surface area contributed by atoms with Gasteiger partial charge in [-0.2, -0.15) is 0 Å². The van der Waals surface area contributed by atoms with E-state index in [0.717, 1.165) is 0 Å². The molecule has 7 heteroatoms. The van der Waals surface area contributed by atoms with E-state index in [4.69, 9.17) is 16.3 Å². The standard InChI is InChI=1S/C15H14ClN3O3/c1-9(20)19-13-4-3-10(7-12(13)16)22-11-5-6-18-14(8-11)15(21)17-2/h3-8H,1-2H3,(H,17,21)(H,19,20). The van der Waals surface area contributed by atoms with Crippen LogP contribution < -0.4 is 15.4 Å². The smallest absolute Gasteiger partial charge is 0.269 e. The third kappa shape index (κ3) is 3.95. The van der Waals surface area contributed by atoms with Gasteiger partial charge in [-0.15, -0.1) is 0 Å². The lowest BCUT2D eigenvalue weighted by molar-refractivity contribution is -0.114. The quantitative estimate of drug-likeness (QED) is 0.908. The number of rotatable bonds is 4. The fourth-order valence-electron chi connectivity index (χ4n) is 1.71. The molecule has 22 heavy (non-hydrogen) atoms. The Balaban J connectivity index is 2.19. The number of aromatic nitrogens is 1. The molecule has 1 heterocycles. The molecular weight excluding hydrogens is 306 g/mol. The molecule has 2 aromatic rings. The van der Waals surface area contributed by atoms with E-state index in [0.29, 0.717) is 22.2 Å². The van der Waals surface area contributed by atoms with Crippen molar-refractivity contribution in [2.75, 3.05) is 12.4 Å². The first-order valence-corrected chi connectivity index (χ1v) is 6.80. The maximum atomic E-state index is 11.5. The van der Waals surface area contributed by atoms with E-state index in [1.54, 1.807) is 24.3 Å². The fourth-order valence-corrected chi connectivity index (χ4v) is 1.93. The lowest BCUT2D eigenvalue weighted by Gasteiger charge is -2.09. The number of ether oxygens (including phenoxy) is 1. The minimum Gasteiger partial charge on any atom is -0.457 e. The van der Waals surface area contributed by atoms with Gasteiger partial charge in [-0.25, -0.2) is 0 Å². The highest BCUT2D eigenvalue weighted by Crippen LogP contribution is 2.29. The van der Waals surface area contributed by atoms with Gasteiger partial charge in [0, 0.05) is 32.3 Å². The van der Waals surface area contributed by atoms with Crippen molar-refractivity contribution in [2.24, 2.45) is 0 Å². The summed E-state index contributed by atoms with van der Waals surface area (Å²) in [6.45, 7) is 1.40. The van der Waals surface area contributed by atoms with Gasteiger partial charge in [-0.1, -0.05) is 11.6 Å². The van der Waals surface area contributed by atoms with Crippen molar-refractivity contribution in [2.45, 2.75) is 6.92 Å². The Morgan fingerprint density at radius 2 is 1.91 bits per heavy atom. The Bertz CT molecular complexity index is 719. The first-order valence-electron chi connectivity index (χ1n) is 6.42. The van der Waals surface area contributed by atoms with Gasteiger partial charge in [0.2, 0.25) is 5.91 Å². The fraction of sp³-hybridized carbons (Fsp3) is 0.133. The summed E-state index contributed by atoms with van der Waals surface area (Å²) in [6.07, 6.45) is 1.48. The normalized spacial score (nSPS) is 9.95. The lowest BCUT2D eigenvalue weighted by Crippen LogP contribution is -2.18. The van der Waals surface area contributed by atoms with Crippen molar-refractivity contribution in [3.05, 3.63) is 47.2 Å². The van der Waals surface area contributed by atoms with E-state index in [-0.39, 0.29) is 17.5 Å². The molecule has 0 aliphatic heterocycles. The molecule has 0 unspecified atom stereocenters. The monoisotopic (exact) mass is 319 g/mol. The second-order valence-corrected chi connectivity index (χ2v) is 4.79. The summed E-state index contributed by atoms with van der Waals surface area (Å²) >= 11 is 6.07. The predicted molar refractivity (Wildman–Crippen MR) is 83.5 cm³/mol. The number of pyridine rings is 1. The van der Waals surface area contributed by atoms with Crippen molar-refractivity contribution in [1.29, 1.82) is 0 Å². The van der Waals surface area contributed by atoms with Gasteiger partial charge in [0.05, 0.1) is 10.7 Å². The summed E-state index contributed by atoms with van der Waals surface area (Å²) in [6, 6.07) is 8.03. The Labute approximate surface area is 132 Å². The van der Waals surface area contributed by atoms with Gasteiger partial charge in [0.15, 0.2) is 0 Å². The number of anilines is 1. The van der Waals surface area contributed by atoms with Crippen LogP contribution in [0.25, 0.3) is 0 Å². The molecule has 0 aliphatic carbocycles.